The van der Waals surface area contributed by atoms with E-state index in [0.717, 1.165) is 30.5 Å². The summed E-state index contributed by atoms with van der Waals surface area (Å²) in [7, 11) is 1.80. The Morgan fingerprint density at radius 1 is 1.26 bits per heavy atom. The van der Waals surface area contributed by atoms with E-state index in [0.29, 0.717) is 5.82 Å². The molecule has 0 bridgehead atoms. The fraction of sp³-hybridized carbons (Fsp3) is 0.333. The first-order valence-corrected chi connectivity index (χ1v) is 6.36. The van der Waals surface area contributed by atoms with E-state index >= 15 is 0 Å². The minimum absolute atomic E-state index is 0.626. The molecule has 4 nitrogen and oxygen atoms in total. The molecule has 0 aliphatic carbocycles. The molecule has 0 aliphatic rings. The molecule has 19 heavy (non-hydrogen) atoms. The highest BCUT2D eigenvalue weighted by Crippen LogP contribution is 2.23. The normalized spacial score (nSPS) is 10.2. The van der Waals surface area contributed by atoms with E-state index in [1.54, 1.807) is 17.8 Å². The topological polar surface area (TPSA) is 47.2 Å². The van der Waals surface area contributed by atoms with E-state index in [1.807, 2.05) is 25.1 Å². The molecular weight excluding hydrogens is 238 g/mol. The van der Waals surface area contributed by atoms with Gasteiger partial charge >= 0.3 is 0 Å². The third kappa shape index (κ3) is 3.18. The van der Waals surface area contributed by atoms with Gasteiger partial charge in [0.2, 0.25) is 6.08 Å². The summed E-state index contributed by atoms with van der Waals surface area (Å²) in [6, 6.07) is 10.4. The van der Waals surface area contributed by atoms with Crippen molar-refractivity contribution in [2.75, 3.05) is 0 Å². The zero-order chi connectivity index (χ0) is 13.7. The van der Waals surface area contributed by atoms with Crippen LogP contribution in [0.25, 0.3) is 0 Å². The SMILES string of the molecule is Cc1nn(C)c(N=C=O)c1CCCc1ccccc1. The molecule has 2 aromatic rings. The fourth-order valence-electron chi connectivity index (χ4n) is 2.28. The summed E-state index contributed by atoms with van der Waals surface area (Å²) in [5.74, 6) is 0.626. The molecule has 1 aromatic carbocycles. The lowest BCUT2D eigenvalue weighted by molar-refractivity contribution is 0.564. The number of carbonyl (C=O) groups excluding carboxylic acids is 1. The van der Waals surface area contributed by atoms with Crippen molar-refractivity contribution in [3.63, 3.8) is 0 Å². The number of hydrogen-bond acceptors (Lipinski definition) is 3. The monoisotopic (exact) mass is 255 g/mol. The van der Waals surface area contributed by atoms with E-state index in [2.05, 4.69) is 22.2 Å². The minimum atomic E-state index is 0.626. The fourth-order valence-corrected chi connectivity index (χ4v) is 2.28. The molecule has 1 aromatic heterocycles. The maximum atomic E-state index is 10.5. The summed E-state index contributed by atoms with van der Waals surface area (Å²) in [6.07, 6.45) is 4.50. The molecule has 0 aliphatic heterocycles. The molecule has 0 N–H and O–H groups in total. The van der Waals surface area contributed by atoms with Crippen LogP contribution in [0.15, 0.2) is 35.3 Å². The molecule has 0 saturated carbocycles. The van der Waals surface area contributed by atoms with Gasteiger partial charge in [0.1, 0.15) is 0 Å². The average Bonchev–Trinajstić information content (AvgIpc) is 2.67. The van der Waals surface area contributed by atoms with Crippen molar-refractivity contribution in [2.24, 2.45) is 12.0 Å². The van der Waals surface area contributed by atoms with Crippen LogP contribution in [-0.4, -0.2) is 15.9 Å². The van der Waals surface area contributed by atoms with Gasteiger partial charge in [0.15, 0.2) is 5.82 Å². The van der Waals surface area contributed by atoms with E-state index in [9.17, 15) is 4.79 Å². The van der Waals surface area contributed by atoms with Crippen LogP contribution in [-0.2, 0) is 24.7 Å². The van der Waals surface area contributed by atoms with Gasteiger partial charge in [-0.1, -0.05) is 30.3 Å². The third-order valence-electron chi connectivity index (χ3n) is 3.20. The number of benzene rings is 1. The summed E-state index contributed by atoms with van der Waals surface area (Å²) in [5.41, 5.74) is 3.30. The molecular formula is C15H17N3O. The number of aliphatic imine (C=N–C) groups is 1. The summed E-state index contributed by atoms with van der Waals surface area (Å²) >= 11 is 0. The van der Waals surface area contributed by atoms with Crippen molar-refractivity contribution in [3.8, 4) is 0 Å². The zero-order valence-electron chi connectivity index (χ0n) is 11.3. The van der Waals surface area contributed by atoms with Crippen LogP contribution >= 0.6 is 0 Å². The Bertz CT molecular complexity index is 595. The van der Waals surface area contributed by atoms with Gasteiger partial charge in [-0.25, -0.2) is 9.48 Å². The second kappa shape index (κ2) is 6.12. The molecule has 0 saturated heterocycles. The molecule has 98 valence electrons. The predicted octanol–water partition coefficient (Wildman–Crippen LogP) is 2.87. The molecule has 4 heteroatoms. The largest absolute Gasteiger partial charge is 0.250 e. The van der Waals surface area contributed by atoms with E-state index in [4.69, 9.17) is 0 Å². The molecule has 0 amide bonds. The number of aryl methyl sites for hydroxylation is 3. The lowest BCUT2D eigenvalue weighted by Crippen LogP contribution is -1.92. The van der Waals surface area contributed by atoms with Crippen molar-refractivity contribution in [1.29, 1.82) is 0 Å². The molecule has 0 atom stereocenters. The molecule has 0 spiro atoms. The standard InChI is InChI=1S/C15H17N3O/c1-12-14(15(16-11-19)18(2)17-12)10-6-9-13-7-4-3-5-8-13/h3-5,7-8H,6,9-10H2,1-2H3. The summed E-state index contributed by atoms with van der Waals surface area (Å²) < 4.78 is 1.64. The van der Waals surface area contributed by atoms with Crippen LogP contribution in [0, 0.1) is 6.92 Å². The van der Waals surface area contributed by atoms with Crippen molar-refractivity contribution in [3.05, 3.63) is 47.2 Å². The van der Waals surface area contributed by atoms with Gasteiger partial charge in [0.25, 0.3) is 0 Å². The number of nitrogens with zero attached hydrogens (tertiary/aromatic N) is 3. The maximum Gasteiger partial charge on any atom is 0.242 e. The van der Waals surface area contributed by atoms with Crippen LogP contribution in [0.4, 0.5) is 5.82 Å². The van der Waals surface area contributed by atoms with E-state index in [1.165, 1.54) is 5.56 Å². The Balaban J connectivity index is 2.05. The van der Waals surface area contributed by atoms with Crippen LogP contribution in [0.5, 0.6) is 0 Å². The van der Waals surface area contributed by atoms with Crippen LogP contribution in [0.3, 0.4) is 0 Å². The number of hydrogen-bond donors (Lipinski definition) is 0. The van der Waals surface area contributed by atoms with Crippen molar-refractivity contribution < 1.29 is 4.79 Å². The van der Waals surface area contributed by atoms with Gasteiger partial charge in [-0.05, 0) is 31.7 Å². The number of rotatable bonds is 5. The number of isocyanates is 1. The summed E-state index contributed by atoms with van der Waals surface area (Å²) in [5, 5.41) is 4.30. The van der Waals surface area contributed by atoms with Gasteiger partial charge in [0.05, 0.1) is 5.69 Å². The third-order valence-corrected chi connectivity index (χ3v) is 3.20. The van der Waals surface area contributed by atoms with E-state index < -0.39 is 0 Å². The first-order valence-electron chi connectivity index (χ1n) is 6.36. The molecule has 1 heterocycles. The van der Waals surface area contributed by atoms with Gasteiger partial charge in [-0.3, -0.25) is 0 Å². The van der Waals surface area contributed by atoms with Crippen LogP contribution < -0.4 is 0 Å². The Hall–Kier alpha value is -2.19. The minimum Gasteiger partial charge on any atom is -0.250 e. The second-order valence-electron chi connectivity index (χ2n) is 4.55. The molecule has 0 unspecified atom stereocenters. The van der Waals surface area contributed by atoms with Crippen molar-refractivity contribution in [2.45, 2.75) is 26.2 Å². The first-order chi connectivity index (χ1) is 9.22. The quantitative estimate of drug-likeness (QED) is 0.609. The zero-order valence-corrected chi connectivity index (χ0v) is 11.3. The number of aromatic nitrogens is 2. The van der Waals surface area contributed by atoms with Crippen molar-refractivity contribution in [1.82, 2.24) is 9.78 Å². The van der Waals surface area contributed by atoms with Gasteiger partial charge in [-0.2, -0.15) is 5.10 Å². The molecule has 0 fully saturated rings. The van der Waals surface area contributed by atoms with Gasteiger partial charge in [-0.15, -0.1) is 4.99 Å². The predicted molar refractivity (Wildman–Crippen MR) is 74.2 cm³/mol. The first kappa shape index (κ1) is 13.2. The van der Waals surface area contributed by atoms with E-state index in [-0.39, 0.29) is 0 Å². The van der Waals surface area contributed by atoms with Gasteiger partial charge in [0, 0.05) is 12.6 Å². The summed E-state index contributed by atoms with van der Waals surface area (Å²) in [4.78, 5) is 14.2. The highest BCUT2D eigenvalue weighted by molar-refractivity contribution is 5.51. The van der Waals surface area contributed by atoms with Crippen LogP contribution in [0.2, 0.25) is 0 Å². The Morgan fingerprint density at radius 2 is 2.00 bits per heavy atom. The highest BCUT2D eigenvalue weighted by atomic mass is 16.1. The van der Waals surface area contributed by atoms with Crippen LogP contribution in [0.1, 0.15) is 23.2 Å². The van der Waals surface area contributed by atoms with Crippen molar-refractivity contribution >= 4 is 11.9 Å². The Morgan fingerprint density at radius 3 is 2.68 bits per heavy atom. The average molecular weight is 255 g/mol. The molecule has 2 rings (SSSR count). The Labute approximate surface area is 112 Å². The lowest BCUT2D eigenvalue weighted by atomic mass is 10.0. The Kier molecular flexibility index (Phi) is 4.26. The second-order valence-corrected chi connectivity index (χ2v) is 4.55. The van der Waals surface area contributed by atoms with Gasteiger partial charge < -0.3 is 0 Å². The lowest BCUT2D eigenvalue weighted by Gasteiger charge is -2.02. The maximum absolute atomic E-state index is 10.5. The molecule has 0 radical (unpaired) electrons. The highest BCUT2D eigenvalue weighted by Gasteiger charge is 2.12. The smallest absolute Gasteiger partial charge is 0.242 e. The summed E-state index contributed by atoms with van der Waals surface area (Å²) in [6.45, 7) is 1.95.